The Morgan fingerprint density at radius 3 is 2.28 bits per heavy atom. The maximum Gasteiger partial charge on any atom is 0.416 e. The van der Waals surface area contributed by atoms with Crippen molar-refractivity contribution in [3.05, 3.63) is 34.3 Å². The predicted molar refractivity (Wildman–Crippen MR) is 65.4 cm³/mol. The predicted octanol–water partition coefficient (Wildman–Crippen LogP) is 4.48. The van der Waals surface area contributed by atoms with Gasteiger partial charge in [-0.3, -0.25) is 0 Å². The molecular formula is C13H15ClF3N. The summed E-state index contributed by atoms with van der Waals surface area (Å²) in [6.07, 6.45) is -0.0336. The molecule has 1 aromatic rings. The molecule has 2 rings (SSSR count). The lowest BCUT2D eigenvalue weighted by atomic mass is 9.77. The van der Waals surface area contributed by atoms with Gasteiger partial charge in [-0.05, 0) is 36.6 Å². The highest BCUT2D eigenvalue weighted by molar-refractivity contribution is 6.31. The van der Waals surface area contributed by atoms with E-state index in [-0.39, 0.29) is 0 Å². The number of alkyl halides is 3. The molecule has 0 heterocycles. The van der Waals surface area contributed by atoms with Crippen molar-refractivity contribution in [1.29, 1.82) is 0 Å². The maximum absolute atomic E-state index is 12.7. The van der Waals surface area contributed by atoms with Gasteiger partial charge >= 0.3 is 6.18 Å². The topological polar surface area (TPSA) is 26.0 Å². The van der Waals surface area contributed by atoms with Crippen LogP contribution < -0.4 is 5.73 Å². The van der Waals surface area contributed by atoms with Crippen LogP contribution in [-0.4, -0.2) is 0 Å². The van der Waals surface area contributed by atoms with Crippen molar-refractivity contribution in [3.8, 4) is 0 Å². The third-order valence-electron chi connectivity index (χ3n) is 3.58. The average Bonchev–Trinajstić information content (AvgIpc) is 2.28. The van der Waals surface area contributed by atoms with Crippen molar-refractivity contribution < 1.29 is 13.2 Å². The van der Waals surface area contributed by atoms with Crippen LogP contribution in [-0.2, 0) is 11.7 Å². The summed E-state index contributed by atoms with van der Waals surface area (Å²) < 4.78 is 38.1. The van der Waals surface area contributed by atoms with Crippen LogP contribution in [0.15, 0.2) is 18.2 Å². The molecule has 0 unspecified atom stereocenters. The van der Waals surface area contributed by atoms with Gasteiger partial charge in [0.1, 0.15) is 0 Å². The Hall–Kier alpha value is -0.740. The molecule has 0 aromatic heterocycles. The van der Waals surface area contributed by atoms with Gasteiger partial charge in [-0.1, -0.05) is 30.9 Å². The molecule has 18 heavy (non-hydrogen) atoms. The molecule has 1 aliphatic carbocycles. The minimum Gasteiger partial charge on any atom is -0.321 e. The van der Waals surface area contributed by atoms with Crippen LogP contribution in [0.5, 0.6) is 0 Å². The summed E-state index contributed by atoms with van der Waals surface area (Å²) in [5, 5.41) is 0.326. The number of benzene rings is 1. The monoisotopic (exact) mass is 277 g/mol. The number of halogens is 4. The molecule has 2 N–H and O–H groups in total. The second kappa shape index (κ2) is 4.74. The zero-order chi connectivity index (χ0) is 13.4. The molecule has 1 fully saturated rings. The van der Waals surface area contributed by atoms with E-state index in [9.17, 15) is 13.2 Å². The van der Waals surface area contributed by atoms with Gasteiger partial charge in [-0.2, -0.15) is 13.2 Å². The molecule has 0 aliphatic heterocycles. The second-order valence-corrected chi connectivity index (χ2v) is 5.32. The van der Waals surface area contributed by atoms with E-state index in [1.54, 1.807) is 0 Å². The van der Waals surface area contributed by atoms with Gasteiger partial charge in [0.05, 0.1) is 5.56 Å². The second-order valence-electron chi connectivity index (χ2n) is 4.91. The molecule has 5 heteroatoms. The smallest absolute Gasteiger partial charge is 0.321 e. The zero-order valence-corrected chi connectivity index (χ0v) is 10.6. The standard InChI is InChI=1S/C13H15ClF3N/c14-11-5-4-9(13(15,16)17)8-10(11)12(18)6-2-1-3-7-12/h4-5,8H,1-3,6-7,18H2. The van der Waals surface area contributed by atoms with Gasteiger partial charge in [-0.25, -0.2) is 0 Å². The van der Waals surface area contributed by atoms with E-state index in [1.807, 2.05) is 0 Å². The lowest BCUT2D eigenvalue weighted by Gasteiger charge is -2.35. The van der Waals surface area contributed by atoms with Crippen molar-refractivity contribution in [3.63, 3.8) is 0 Å². The normalized spacial score (nSPS) is 19.8. The molecule has 0 radical (unpaired) electrons. The van der Waals surface area contributed by atoms with Crippen LogP contribution >= 0.6 is 11.6 Å². The Kier molecular flexibility index (Phi) is 3.60. The quantitative estimate of drug-likeness (QED) is 0.805. The Bertz CT molecular complexity index is 436. The van der Waals surface area contributed by atoms with Crippen LogP contribution in [0.3, 0.4) is 0 Å². The number of hydrogen-bond donors (Lipinski definition) is 1. The molecule has 0 saturated heterocycles. The molecule has 0 bridgehead atoms. The molecule has 1 nitrogen and oxygen atoms in total. The zero-order valence-electron chi connectivity index (χ0n) is 9.86. The third-order valence-corrected chi connectivity index (χ3v) is 3.91. The average molecular weight is 278 g/mol. The molecule has 1 aromatic carbocycles. The largest absolute Gasteiger partial charge is 0.416 e. The molecular weight excluding hydrogens is 263 g/mol. The number of rotatable bonds is 1. The van der Waals surface area contributed by atoms with Crippen LogP contribution in [0.25, 0.3) is 0 Å². The third kappa shape index (κ3) is 2.64. The summed E-state index contributed by atoms with van der Waals surface area (Å²) in [5.74, 6) is 0. The van der Waals surface area contributed by atoms with Gasteiger partial charge < -0.3 is 5.73 Å². The Labute approximate surface area is 109 Å². The van der Waals surface area contributed by atoms with Crippen LogP contribution in [0, 0.1) is 0 Å². The number of hydrogen-bond acceptors (Lipinski definition) is 1. The Balaban J connectivity index is 2.43. The fourth-order valence-electron chi connectivity index (χ4n) is 2.54. The number of nitrogens with two attached hydrogens (primary N) is 1. The highest BCUT2D eigenvalue weighted by atomic mass is 35.5. The summed E-state index contributed by atoms with van der Waals surface area (Å²) in [4.78, 5) is 0. The fraction of sp³-hybridized carbons (Fsp3) is 0.538. The van der Waals surface area contributed by atoms with Gasteiger partial charge in [0.15, 0.2) is 0 Å². The lowest BCUT2D eigenvalue weighted by Crippen LogP contribution is -2.39. The minimum absolute atomic E-state index is 0.326. The SMILES string of the molecule is NC1(c2cc(C(F)(F)F)ccc2Cl)CCCCC1. The Morgan fingerprint density at radius 1 is 1.11 bits per heavy atom. The summed E-state index contributed by atoms with van der Waals surface area (Å²) in [6, 6.07) is 3.40. The van der Waals surface area contributed by atoms with Crippen LogP contribution in [0.1, 0.15) is 43.2 Å². The van der Waals surface area contributed by atoms with Gasteiger partial charge in [-0.15, -0.1) is 0 Å². The summed E-state index contributed by atoms with van der Waals surface area (Å²) in [7, 11) is 0. The molecule has 1 saturated carbocycles. The van der Waals surface area contributed by atoms with Crippen LogP contribution in [0.2, 0.25) is 5.02 Å². The van der Waals surface area contributed by atoms with Crippen LogP contribution in [0.4, 0.5) is 13.2 Å². The first kappa shape index (κ1) is 13.7. The van der Waals surface area contributed by atoms with Gasteiger partial charge in [0, 0.05) is 10.6 Å². The van der Waals surface area contributed by atoms with Crippen molar-refractivity contribution in [2.45, 2.75) is 43.8 Å². The molecule has 0 atom stereocenters. The van der Waals surface area contributed by atoms with Crippen molar-refractivity contribution in [1.82, 2.24) is 0 Å². The molecule has 100 valence electrons. The van der Waals surface area contributed by atoms with Gasteiger partial charge in [0.25, 0.3) is 0 Å². The molecule has 0 amide bonds. The van der Waals surface area contributed by atoms with E-state index in [0.717, 1.165) is 31.4 Å². The summed E-state index contributed by atoms with van der Waals surface area (Å²) >= 11 is 6.02. The first-order valence-corrected chi connectivity index (χ1v) is 6.37. The first-order valence-electron chi connectivity index (χ1n) is 5.99. The van der Waals surface area contributed by atoms with Crippen molar-refractivity contribution >= 4 is 11.6 Å². The summed E-state index contributed by atoms with van der Waals surface area (Å²) in [5.41, 5.74) is 5.28. The first-order chi connectivity index (χ1) is 8.33. The van der Waals surface area contributed by atoms with E-state index in [0.29, 0.717) is 23.4 Å². The minimum atomic E-state index is -4.36. The highest BCUT2D eigenvalue weighted by Crippen LogP contribution is 2.40. The van der Waals surface area contributed by atoms with E-state index in [2.05, 4.69) is 0 Å². The molecule has 1 aliphatic rings. The van der Waals surface area contributed by atoms with E-state index >= 15 is 0 Å². The Morgan fingerprint density at radius 2 is 1.72 bits per heavy atom. The fourth-order valence-corrected chi connectivity index (χ4v) is 2.84. The van der Waals surface area contributed by atoms with E-state index in [4.69, 9.17) is 17.3 Å². The molecule has 0 spiro atoms. The van der Waals surface area contributed by atoms with E-state index in [1.165, 1.54) is 6.07 Å². The lowest BCUT2D eigenvalue weighted by molar-refractivity contribution is -0.137. The maximum atomic E-state index is 12.7. The van der Waals surface area contributed by atoms with E-state index < -0.39 is 17.3 Å². The van der Waals surface area contributed by atoms with Gasteiger partial charge in [0.2, 0.25) is 0 Å². The van der Waals surface area contributed by atoms with Crippen molar-refractivity contribution in [2.75, 3.05) is 0 Å². The van der Waals surface area contributed by atoms with Crippen molar-refractivity contribution in [2.24, 2.45) is 5.73 Å². The summed E-state index contributed by atoms with van der Waals surface area (Å²) in [6.45, 7) is 0. The highest BCUT2D eigenvalue weighted by Gasteiger charge is 2.35.